The van der Waals surface area contributed by atoms with E-state index >= 15 is 0 Å². The molecule has 0 bridgehead atoms. The molecule has 1 rings (SSSR count). The second-order valence-electron chi connectivity index (χ2n) is 1.38. The molecular weight excluding hydrogens is 217 g/mol. The third kappa shape index (κ3) is 2.68. The molecule has 0 radical (unpaired) electrons. The number of hydrogen-bond donors (Lipinski definition) is 0. The molecule has 0 aromatic carbocycles. The normalized spacial score (nSPS) is 24.1. The molecule has 0 aromatic heterocycles. The molecule has 4 heteroatoms. The topological polar surface area (TPSA) is 23.8 Å². The van der Waals surface area contributed by atoms with E-state index in [2.05, 4.69) is 15.8 Å². The summed E-state index contributed by atoms with van der Waals surface area (Å²) < 4.78 is 0.724. The van der Waals surface area contributed by atoms with Gasteiger partial charge in [-0.15, -0.1) is 0 Å². The van der Waals surface area contributed by atoms with Crippen LogP contribution in [0.3, 0.4) is 0 Å². The van der Waals surface area contributed by atoms with Crippen molar-refractivity contribution in [1.29, 1.82) is 5.26 Å². The summed E-state index contributed by atoms with van der Waals surface area (Å²) in [5, 5.41) is 12.4. The van der Waals surface area contributed by atoms with E-state index in [1.807, 2.05) is 11.8 Å². The first-order chi connectivity index (χ1) is 4.43. The van der Waals surface area contributed by atoms with Gasteiger partial charge in [-0.25, -0.2) is 0 Å². The van der Waals surface area contributed by atoms with Crippen LogP contribution in [0.25, 0.3) is 0 Å². The minimum atomic E-state index is 0.647. The molecule has 1 nitrogen and oxygen atoms in total. The fraction of sp³-hybridized carbons (Fsp3) is 0.400. The summed E-state index contributed by atoms with van der Waals surface area (Å²) in [6.07, 6.45) is 0. The van der Waals surface area contributed by atoms with E-state index < -0.39 is 0 Å². The summed E-state index contributed by atoms with van der Waals surface area (Å²) in [7, 11) is 0. The molecule has 0 aliphatic carbocycles. The standard InChI is InChI=1S/C5H5NS2Se/c6-4-7-3-5-8-1-2-9-5/h1-2,5H,3H2. The Balaban J connectivity index is 2.09. The van der Waals surface area contributed by atoms with Gasteiger partial charge >= 0.3 is 69.4 Å². The van der Waals surface area contributed by atoms with Gasteiger partial charge in [0.1, 0.15) is 0 Å². The van der Waals surface area contributed by atoms with Gasteiger partial charge in [0.05, 0.1) is 0 Å². The second-order valence-corrected chi connectivity index (χ2v) is 6.30. The molecular formula is C5H5NS2Se. The Bertz CT molecular complexity index is 144. The van der Waals surface area contributed by atoms with E-state index in [1.54, 1.807) is 0 Å². The Morgan fingerprint density at radius 3 is 3.33 bits per heavy atom. The van der Waals surface area contributed by atoms with Crippen molar-refractivity contribution in [1.82, 2.24) is 0 Å². The summed E-state index contributed by atoms with van der Waals surface area (Å²) in [6, 6.07) is 0. The maximum atomic E-state index is 8.22. The van der Waals surface area contributed by atoms with Crippen LogP contribution in [0.2, 0.25) is 0 Å². The SMILES string of the molecule is N#CSCC1SC=C[Se]1. The number of hydrogen-bond acceptors (Lipinski definition) is 3. The molecule has 0 spiro atoms. The quantitative estimate of drug-likeness (QED) is 0.522. The van der Waals surface area contributed by atoms with Crippen LogP contribution in [0.1, 0.15) is 0 Å². The van der Waals surface area contributed by atoms with Gasteiger partial charge in [-0.1, -0.05) is 0 Å². The monoisotopic (exact) mass is 223 g/mol. The number of thiocyanates is 1. The molecule has 0 aromatic rings. The number of nitrogens with zero attached hydrogens (tertiary/aromatic N) is 1. The van der Waals surface area contributed by atoms with E-state index in [-0.39, 0.29) is 0 Å². The van der Waals surface area contributed by atoms with Crippen molar-refractivity contribution in [3.8, 4) is 5.40 Å². The Hall–Kier alpha value is 0.449. The van der Waals surface area contributed by atoms with Crippen molar-refractivity contribution in [2.24, 2.45) is 0 Å². The number of nitriles is 1. The molecule has 0 saturated heterocycles. The first-order valence-corrected chi connectivity index (χ1v) is 6.31. The Morgan fingerprint density at radius 2 is 2.78 bits per heavy atom. The van der Waals surface area contributed by atoms with Gasteiger partial charge in [0, 0.05) is 0 Å². The van der Waals surface area contributed by atoms with Crippen molar-refractivity contribution in [3.05, 3.63) is 10.4 Å². The molecule has 1 heterocycles. The van der Waals surface area contributed by atoms with E-state index in [0.29, 0.717) is 15.0 Å². The van der Waals surface area contributed by atoms with Gasteiger partial charge in [-0.3, -0.25) is 0 Å². The zero-order valence-corrected chi connectivity index (χ0v) is 7.96. The third-order valence-electron chi connectivity index (χ3n) is 0.800. The summed E-state index contributed by atoms with van der Waals surface area (Å²) in [5.74, 6) is 0.994. The summed E-state index contributed by atoms with van der Waals surface area (Å²) in [5.41, 5.74) is 0. The van der Waals surface area contributed by atoms with Crippen LogP contribution in [-0.2, 0) is 0 Å². The van der Waals surface area contributed by atoms with Gasteiger partial charge in [-0.2, -0.15) is 0 Å². The molecule has 0 N–H and O–H groups in total. The van der Waals surface area contributed by atoms with Crippen LogP contribution < -0.4 is 0 Å². The second kappa shape index (κ2) is 4.29. The molecule has 1 unspecified atom stereocenters. The molecule has 9 heavy (non-hydrogen) atoms. The van der Waals surface area contributed by atoms with Crippen LogP contribution in [-0.4, -0.2) is 24.9 Å². The summed E-state index contributed by atoms with van der Waals surface area (Å²) >= 11 is 3.87. The van der Waals surface area contributed by atoms with Crippen molar-refractivity contribution < 1.29 is 0 Å². The van der Waals surface area contributed by atoms with E-state index in [9.17, 15) is 0 Å². The fourth-order valence-corrected chi connectivity index (χ4v) is 4.87. The van der Waals surface area contributed by atoms with Crippen LogP contribution in [0.15, 0.2) is 10.4 Å². The number of thioether (sulfide) groups is 2. The van der Waals surface area contributed by atoms with Crippen LogP contribution in [0.5, 0.6) is 0 Å². The average Bonchev–Trinajstić information content (AvgIpc) is 2.34. The number of rotatable bonds is 2. The minimum absolute atomic E-state index is 0.647. The van der Waals surface area contributed by atoms with Crippen molar-refractivity contribution in [2.45, 2.75) is 4.15 Å². The van der Waals surface area contributed by atoms with Gasteiger partial charge in [0.2, 0.25) is 0 Å². The summed E-state index contributed by atoms with van der Waals surface area (Å²) in [6.45, 7) is 0. The third-order valence-corrected chi connectivity index (χ3v) is 6.15. The molecule has 0 amide bonds. The Labute approximate surface area is 69.4 Å². The maximum absolute atomic E-state index is 8.22. The van der Waals surface area contributed by atoms with Gasteiger partial charge < -0.3 is 0 Å². The van der Waals surface area contributed by atoms with Crippen LogP contribution in [0, 0.1) is 10.7 Å². The predicted molar refractivity (Wildman–Crippen MR) is 44.3 cm³/mol. The molecule has 1 aliphatic rings. The van der Waals surface area contributed by atoms with Crippen molar-refractivity contribution in [3.63, 3.8) is 0 Å². The zero-order chi connectivity index (χ0) is 6.53. The Kier molecular flexibility index (Phi) is 3.60. The first-order valence-electron chi connectivity index (χ1n) is 2.40. The first kappa shape index (κ1) is 7.56. The molecule has 1 aliphatic heterocycles. The predicted octanol–water partition coefficient (Wildman–Crippen LogP) is 1.45. The van der Waals surface area contributed by atoms with Gasteiger partial charge in [0.15, 0.2) is 0 Å². The van der Waals surface area contributed by atoms with Crippen molar-refractivity contribution in [2.75, 3.05) is 5.75 Å². The van der Waals surface area contributed by atoms with Gasteiger partial charge in [-0.05, 0) is 0 Å². The van der Waals surface area contributed by atoms with Crippen molar-refractivity contribution >= 4 is 38.5 Å². The van der Waals surface area contributed by atoms with E-state index in [1.165, 1.54) is 11.8 Å². The van der Waals surface area contributed by atoms with Gasteiger partial charge in [0.25, 0.3) is 0 Å². The molecule has 0 saturated carbocycles. The molecule has 1 atom stereocenters. The summed E-state index contributed by atoms with van der Waals surface area (Å²) in [4.78, 5) is 2.22. The molecule has 48 valence electrons. The zero-order valence-electron chi connectivity index (χ0n) is 4.61. The fourth-order valence-electron chi connectivity index (χ4n) is 0.455. The molecule has 0 fully saturated rings. The average molecular weight is 222 g/mol. The van der Waals surface area contributed by atoms with E-state index in [0.717, 1.165) is 9.90 Å². The van der Waals surface area contributed by atoms with Crippen LogP contribution in [0.4, 0.5) is 0 Å². The van der Waals surface area contributed by atoms with Crippen LogP contribution >= 0.6 is 23.5 Å². The van der Waals surface area contributed by atoms with E-state index in [4.69, 9.17) is 5.26 Å². The Morgan fingerprint density at radius 1 is 1.89 bits per heavy atom.